The molecule has 1 aliphatic carbocycles. The van der Waals surface area contributed by atoms with Crippen LogP contribution in [-0.4, -0.2) is 46.8 Å². The summed E-state index contributed by atoms with van der Waals surface area (Å²) in [5.41, 5.74) is 0. The average molecular weight is 213 g/mol. The van der Waals surface area contributed by atoms with Crippen molar-refractivity contribution < 1.29 is 15.0 Å². The number of aliphatic hydroxyl groups excluding tert-OH is 1. The van der Waals surface area contributed by atoms with Gasteiger partial charge in [0.05, 0.1) is 6.10 Å². The van der Waals surface area contributed by atoms with Gasteiger partial charge in [-0.05, 0) is 19.9 Å². The van der Waals surface area contributed by atoms with E-state index in [2.05, 4.69) is 0 Å². The third-order valence-electron chi connectivity index (χ3n) is 2.91. The molecule has 0 aromatic carbocycles. The molecule has 0 radical (unpaired) electrons. The van der Waals surface area contributed by atoms with Crippen LogP contribution in [0, 0.1) is 0 Å². The van der Waals surface area contributed by atoms with E-state index in [0.717, 1.165) is 31.8 Å². The van der Waals surface area contributed by atoms with E-state index >= 15 is 0 Å². The van der Waals surface area contributed by atoms with Crippen molar-refractivity contribution in [2.75, 3.05) is 13.6 Å². The van der Waals surface area contributed by atoms with Gasteiger partial charge in [-0.25, -0.2) is 4.79 Å². The molecule has 2 atom stereocenters. The molecule has 15 heavy (non-hydrogen) atoms. The molecule has 0 aromatic heterocycles. The first-order valence-electron chi connectivity index (χ1n) is 5.39. The predicted octanol–water partition coefficient (Wildman–Crippen LogP) is 0.863. The van der Waals surface area contributed by atoms with Crippen molar-refractivity contribution in [1.29, 1.82) is 0 Å². The maximum absolute atomic E-state index is 10.3. The van der Waals surface area contributed by atoms with E-state index in [1.807, 2.05) is 11.9 Å². The summed E-state index contributed by atoms with van der Waals surface area (Å²) in [6.45, 7) is 0.577. The Bertz CT molecular complexity index is 240. The van der Waals surface area contributed by atoms with Crippen molar-refractivity contribution in [1.82, 2.24) is 4.90 Å². The zero-order chi connectivity index (χ0) is 11.3. The van der Waals surface area contributed by atoms with E-state index in [0.29, 0.717) is 6.54 Å². The molecule has 0 heterocycles. The molecular formula is C11H19NO3. The number of carbonyl (C=O) groups is 1. The molecule has 4 nitrogen and oxygen atoms in total. The second-order valence-electron chi connectivity index (χ2n) is 4.10. The fraction of sp³-hybridized carbons (Fsp3) is 0.727. The summed E-state index contributed by atoms with van der Waals surface area (Å²) in [6, 6.07) is 0.178. The van der Waals surface area contributed by atoms with Gasteiger partial charge in [0.1, 0.15) is 0 Å². The zero-order valence-corrected chi connectivity index (χ0v) is 9.09. The molecule has 0 aliphatic heterocycles. The van der Waals surface area contributed by atoms with Crippen LogP contribution >= 0.6 is 0 Å². The largest absolute Gasteiger partial charge is 0.478 e. The molecule has 0 spiro atoms. The highest BCUT2D eigenvalue weighted by molar-refractivity contribution is 5.79. The van der Waals surface area contributed by atoms with Crippen LogP contribution < -0.4 is 0 Å². The van der Waals surface area contributed by atoms with Gasteiger partial charge in [0.15, 0.2) is 0 Å². The highest BCUT2D eigenvalue weighted by Gasteiger charge is 2.25. The molecule has 1 aliphatic rings. The van der Waals surface area contributed by atoms with Crippen LogP contribution in [0.4, 0.5) is 0 Å². The first kappa shape index (κ1) is 12.2. The lowest BCUT2D eigenvalue weighted by atomic mass is 9.91. The van der Waals surface area contributed by atoms with Gasteiger partial charge < -0.3 is 10.2 Å². The maximum Gasteiger partial charge on any atom is 0.328 e. The van der Waals surface area contributed by atoms with Gasteiger partial charge in [-0.1, -0.05) is 18.9 Å². The molecule has 1 rings (SSSR count). The van der Waals surface area contributed by atoms with Crippen LogP contribution in [0.25, 0.3) is 0 Å². The highest BCUT2D eigenvalue weighted by Crippen LogP contribution is 2.22. The summed E-state index contributed by atoms with van der Waals surface area (Å²) in [5, 5.41) is 18.2. The average Bonchev–Trinajstić information content (AvgIpc) is 2.17. The van der Waals surface area contributed by atoms with E-state index in [4.69, 9.17) is 5.11 Å². The molecule has 2 N–H and O–H groups in total. The Morgan fingerprint density at radius 1 is 1.47 bits per heavy atom. The van der Waals surface area contributed by atoms with E-state index in [-0.39, 0.29) is 12.1 Å². The molecule has 0 bridgehead atoms. The minimum Gasteiger partial charge on any atom is -0.478 e. The van der Waals surface area contributed by atoms with E-state index in [1.54, 1.807) is 6.08 Å². The number of carboxylic acids is 1. The Morgan fingerprint density at radius 3 is 2.73 bits per heavy atom. The van der Waals surface area contributed by atoms with Crippen LogP contribution in [0.3, 0.4) is 0 Å². The summed E-state index contributed by atoms with van der Waals surface area (Å²) in [6.07, 6.45) is 6.60. The van der Waals surface area contributed by atoms with Gasteiger partial charge in [0, 0.05) is 18.7 Å². The fourth-order valence-corrected chi connectivity index (χ4v) is 2.06. The quantitative estimate of drug-likeness (QED) is 0.680. The maximum atomic E-state index is 10.3. The van der Waals surface area contributed by atoms with Gasteiger partial charge in [0.25, 0.3) is 0 Å². The molecule has 0 amide bonds. The van der Waals surface area contributed by atoms with Crippen LogP contribution in [0.1, 0.15) is 25.7 Å². The van der Waals surface area contributed by atoms with Gasteiger partial charge in [0.2, 0.25) is 0 Å². The zero-order valence-electron chi connectivity index (χ0n) is 9.09. The van der Waals surface area contributed by atoms with Gasteiger partial charge in [-0.2, -0.15) is 0 Å². The molecular weight excluding hydrogens is 194 g/mol. The third kappa shape index (κ3) is 4.01. The number of carboxylic acid groups (broad SMARTS) is 1. The number of rotatable bonds is 4. The minimum absolute atomic E-state index is 0.178. The molecule has 1 saturated carbocycles. The Hall–Kier alpha value is -0.870. The topological polar surface area (TPSA) is 60.8 Å². The summed E-state index contributed by atoms with van der Waals surface area (Å²) >= 11 is 0. The van der Waals surface area contributed by atoms with Crippen molar-refractivity contribution in [3.05, 3.63) is 12.2 Å². The second kappa shape index (κ2) is 5.88. The number of aliphatic carboxylic acids is 1. The Balaban J connectivity index is 2.37. The number of hydrogen-bond donors (Lipinski definition) is 2. The molecule has 0 saturated heterocycles. The van der Waals surface area contributed by atoms with Crippen LogP contribution in [0.2, 0.25) is 0 Å². The second-order valence-corrected chi connectivity index (χ2v) is 4.10. The SMILES string of the molecule is CN(C/C=C/C(=O)O)C1CCCCC1O. The summed E-state index contributed by atoms with van der Waals surface area (Å²) in [5.74, 6) is -0.924. The third-order valence-corrected chi connectivity index (χ3v) is 2.91. The van der Waals surface area contributed by atoms with Crippen molar-refractivity contribution >= 4 is 5.97 Å². The smallest absolute Gasteiger partial charge is 0.328 e. The lowest BCUT2D eigenvalue weighted by molar-refractivity contribution is -0.131. The van der Waals surface area contributed by atoms with Crippen molar-refractivity contribution in [3.8, 4) is 0 Å². The number of nitrogens with zero attached hydrogens (tertiary/aromatic N) is 1. The van der Waals surface area contributed by atoms with E-state index < -0.39 is 5.97 Å². The lowest BCUT2D eigenvalue weighted by Crippen LogP contribution is -2.43. The number of hydrogen-bond acceptors (Lipinski definition) is 3. The predicted molar refractivity (Wildman–Crippen MR) is 57.7 cm³/mol. The summed E-state index contributed by atoms with van der Waals surface area (Å²) in [7, 11) is 1.92. The summed E-state index contributed by atoms with van der Waals surface area (Å²) < 4.78 is 0. The van der Waals surface area contributed by atoms with Crippen LogP contribution in [-0.2, 0) is 4.79 Å². The van der Waals surface area contributed by atoms with Crippen molar-refractivity contribution in [2.24, 2.45) is 0 Å². The van der Waals surface area contributed by atoms with Crippen molar-refractivity contribution in [2.45, 2.75) is 37.8 Å². The first-order valence-corrected chi connectivity index (χ1v) is 5.39. The Kier molecular flexibility index (Phi) is 4.78. The Labute approximate surface area is 90.2 Å². The van der Waals surface area contributed by atoms with E-state index in [1.165, 1.54) is 0 Å². The van der Waals surface area contributed by atoms with Crippen molar-refractivity contribution in [3.63, 3.8) is 0 Å². The Morgan fingerprint density at radius 2 is 2.13 bits per heavy atom. The van der Waals surface area contributed by atoms with Gasteiger partial charge in [-0.3, -0.25) is 4.90 Å². The van der Waals surface area contributed by atoms with E-state index in [9.17, 15) is 9.90 Å². The number of likely N-dealkylation sites (N-methyl/N-ethyl adjacent to an activating group) is 1. The van der Waals surface area contributed by atoms with Gasteiger partial charge >= 0.3 is 5.97 Å². The monoisotopic (exact) mass is 213 g/mol. The normalized spacial score (nSPS) is 27.4. The molecule has 1 fully saturated rings. The molecule has 4 heteroatoms. The summed E-state index contributed by atoms with van der Waals surface area (Å²) in [4.78, 5) is 12.3. The standard InChI is InChI=1S/C11H19NO3/c1-12(8-4-7-11(14)15)9-5-2-3-6-10(9)13/h4,7,9-10,13H,2-3,5-6,8H2,1H3,(H,14,15)/b7-4+. The fourth-order valence-electron chi connectivity index (χ4n) is 2.06. The van der Waals surface area contributed by atoms with Crippen LogP contribution in [0.15, 0.2) is 12.2 Å². The lowest BCUT2D eigenvalue weighted by Gasteiger charge is -2.34. The minimum atomic E-state index is -0.924. The highest BCUT2D eigenvalue weighted by atomic mass is 16.4. The first-order chi connectivity index (χ1) is 7.11. The molecule has 86 valence electrons. The number of aliphatic hydroxyl groups is 1. The van der Waals surface area contributed by atoms with Gasteiger partial charge in [-0.15, -0.1) is 0 Å². The molecule has 2 unspecified atom stereocenters. The molecule has 0 aromatic rings. The van der Waals surface area contributed by atoms with Crippen LogP contribution in [0.5, 0.6) is 0 Å².